The number of carbonyl (C=O) groups is 2. The van der Waals surface area contributed by atoms with Crippen LogP contribution in [0.25, 0.3) is 0 Å². The summed E-state index contributed by atoms with van der Waals surface area (Å²) in [5.41, 5.74) is 0.776. The molecule has 6 nitrogen and oxygen atoms in total. The van der Waals surface area contributed by atoms with Gasteiger partial charge in [0, 0.05) is 18.6 Å². The van der Waals surface area contributed by atoms with Crippen molar-refractivity contribution in [3.63, 3.8) is 0 Å². The van der Waals surface area contributed by atoms with Crippen molar-refractivity contribution in [3.8, 4) is 0 Å². The molecule has 3 aromatic rings. The standard InChI is InChI=1S/C15H13N3O3S2/c1-9-8-11(16-13(19)10-4-3-6-21-10)23-12(9)14(20)17-15-18(2)5-7-22-15/h3-8H,1-2H3,(H,16,19). The summed E-state index contributed by atoms with van der Waals surface area (Å²) in [5, 5.41) is 5.16. The summed E-state index contributed by atoms with van der Waals surface area (Å²) in [5.74, 6) is -0.444. The normalized spacial score (nSPS) is 11.7. The van der Waals surface area contributed by atoms with Crippen LogP contribution in [0.2, 0.25) is 0 Å². The highest BCUT2D eigenvalue weighted by atomic mass is 32.1. The molecular formula is C15H13N3O3S2. The molecule has 3 rings (SSSR count). The number of aryl methyl sites for hydroxylation is 2. The number of furan rings is 1. The van der Waals surface area contributed by atoms with Crippen LogP contribution in [-0.4, -0.2) is 16.4 Å². The summed E-state index contributed by atoms with van der Waals surface area (Å²) >= 11 is 2.59. The lowest BCUT2D eigenvalue weighted by atomic mass is 10.3. The third-order valence-corrected chi connectivity index (χ3v) is 5.04. The lowest BCUT2D eigenvalue weighted by molar-refractivity contribution is 0.0990. The molecule has 3 aromatic heterocycles. The van der Waals surface area contributed by atoms with Crippen LogP contribution in [0, 0.1) is 6.92 Å². The average Bonchev–Trinajstić information content (AvgIpc) is 3.22. The molecular weight excluding hydrogens is 334 g/mol. The summed E-state index contributed by atoms with van der Waals surface area (Å²) in [6.07, 6.45) is 3.27. The van der Waals surface area contributed by atoms with Crippen molar-refractivity contribution in [1.29, 1.82) is 0 Å². The van der Waals surface area contributed by atoms with E-state index in [9.17, 15) is 9.59 Å². The van der Waals surface area contributed by atoms with Crippen molar-refractivity contribution in [2.45, 2.75) is 6.92 Å². The molecule has 0 saturated carbocycles. The first-order chi connectivity index (χ1) is 11.0. The molecule has 0 saturated heterocycles. The Balaban J connectivity index is 1.83. The van der Waals surface area contributed by atoms with Crippen molar-refractivity contribution < 1.29 is 14.0 Å². The maximum Gasteiger partial charge on any atom is 0.291 e. The zero-order valence-electron chi connectivity index (χ0n) is 12.4. The van der Waals surface area contributed by atoms with Crippen LogP contribution >= 0.6 is 22.7 Å². The molecule has 0 radical (unpaired) electrons. The zero-order chi connectivity index (χ0) is 16.4. The molecule has 0 fully saturated rings. The molecule has 0 unspecified atom stereocenters. The van der Waals surface area contributed by atoms with Crippen LogP contribution in [0.15, 0.2) is 45.4 Å². The number of rotatable bonds is 3. The second-order valence-corrected chi connectivity index (χ2v) is 6.69. The average molecular weight is 347 g/mol. The number of amides is 2. The van der Waals surface area contributed by atoms with E-state index < -0.39 is 0 Å². The SMILES string of the molecule is Cc1cc(NC(=O)c2ccco2)sc1C(=O)N=c1sccn1C. The predicted molar refractivity (Wildman–Crippen MR) is 88.9 cm³/mol. The Morgan fingerprint density at radius 3 is 2.87 bits per heavy atom. The van der Waals surface area contributed by atoms with Crippen LogP contribution in [-0.2, 0) is 7.05 Å². The summed E-state index contributed by atoms with van der Waals surface area (Å²) in [6.45, 7) is 1.82. The number of carbonyl (C=O) groups excluding carboxylic acids is 2. The maximum atomic E-state index is 12.3. The van der Waals surface area contributed by atoms with E-state index in [4.69, 9.17) is 4.42 Å². The monoisotopic (exact) mass is 347 g/mol. The van der Waals surface area contributed by atoms with E-state index >= 15 is 0 Å². The minimum Gasteiger partial charge on any atom is -0.459 e. The fourth-order valence-electron chi connectivity index (χ4n) is 1.91. The Morgan fingerprint density at radius 2 is 2.22 bits per heavy atom. The fourth-order valence-corrected chi connectivity index (χ4v) is 3.59. The Bertz CT molecular complexity index is 916. The van der Waals surface area contributed by atoms with Gasteiger partial charge in [-0.3, -0.25) is 9.59 Å². The number of thiazole rings is 1. The van der Waals surface area contributed by atoms with Gasteiger partial charge >= 0.3 is 0 Å². The zero-order valence-corrected chi connectivity index (χ0v) is 14.0. The van der Waals surface area contributed by atoms with E-state index in [1.807, 2.05) is 25.5 Å². The second kappa shape index (κ2) is 6.35. The van der Waals surface area contributed by atoms with Gasteiger partial charge in [0.15, 0.2) is 10.6 Å². The van der Waals surface area contributed by atoms with E-state index in [1.54, 1.807) is 22.8 Å². The highest BCUT2D eigenvalue weighted by molar-refractivity contribution is 7.18. The molecule has 0 aromatic carbocycles. The van der Waals surface area contributed by atoms with Gasteiger partial charge in [-0.15, -0.1) is 22.7 Å². The maximum absolute atomic E-state index is 12.3. The van der Waals surface area contributed by atoms with Crippen LogP contribution in [0.1, 0.15) is 25.8 Å². The van der Waals surface area contributed by atoms with E-state index in [2.05, 4.69) is 10.3 Å². The molecule has 0 aliphatic rings. The first-order valence-corrected chi connectivity index (χ1v) is 8.38. The van der Waals surface area contributed by atoms with Gasteiger partial charge in [-0.1, -0.05) is 0 Å². The van der Waals surface area contributed by atoms with Gasteiger partial charge in [-0.2, -0.15) is 4.99 Å². The first kappa shape index (κ1) is 15.4. The third kappa shape index (κ3) is 3.33. The van der Waals surface area contributed by atoms with Gasteiger partial charge in [-0.25, -0.2) is 0 Å². The van der Waals surface area contributed by atoms with Gasteiger partial charge in [-0.05, 0) is 30.7 Å². The van der Waals surface area contributed by atoms with Gasteiger partial charge in [0.1, 0.15) is 0 Å². The Hall–Kier alpha value is -2.45. The predicted octanol–water partition coefficient (Wildman–Crippen LogP) is 3.04. The van der Waals surface area contributed by atoms with Gasteiger partial charge in [0.2, 0.25) is 0 Å². The number of hydrogen-bond acceptors (Lipinski definition) is 5. The third-order valence-electron chi connectivity index (χ3n) is 3.05. The Labute approximate surface area is 139 Å². The lowest BCUT2D eigenvalue weighted by Crippen LogP contribution is -2.12. The summed E-state index contributed by atoms with van der Waals surface area (Å²) in [7, 11) is 1.83. The largest absolute Gasteiger partial charge is 0.459 e. The van der Waals surface area contributed by atoms with Crippen molar-refractivity contribution in [3.05, 3.63) is 57.0 Å². The molecule has 1 N–H and O–H groups in total. The van der Waals surface area contributed by atoms with Crippen LogP contribution in [0.5, 0.6) is 0 Å². The molecule has 8 heteroatoms. The number of aromatic nitrogens is 1. The molecule has 0 aliphatic heterocycles. The van der Waals surface area contributed by atoms with E-state index in [-0.39, 0.29) is 17.6 Å². The number of hydrogen-bond donors (Lipinski definition) is 1. The van der Waals surface area contributed by atoms with Gasteiger partial charge in [0.05, 0.1) is 16.1 Å². The minimum absolute atomic E-state index is 0.222. The molecule has 2 amide bonds. The van der Waals surface area contributed by atoms with Crippen LogP contribution in [0.3, 0.4) is 0 Å². The summed E-state index contributed by atoms with van der Waals surface area (Å²) in [4.78, 5) is 29.5. The molecule has 118 valence electrons. The minimum atomic E-state index is -0.350. The topological polar surface area (TPSA) is 76.6 Å². The second-order valence-electron chi connectivity index (χ2n) is 4.77. The number of nitrogens with one attached hydrogen (secondary N) is 1. The van der Waals surface area contributed by atoms with E-state index in [0.29, 0.717) is 14.7 Å². The van der Waals surface area contributed by atoms with Crippen molar-refractivity contribution in [2.24, 2.45) is 12.0 Å². The van der Waals surface area contributed by atoms with Crippen molar-refractivity contribution >= 4 is 39.5 Å². The molecule has 0 aliphatic carbocycles. The summed E-state index contributed by atoms with van der Waals surface area (Å²) in [6, 6.07) is 4.97. The Morgan fingerprint density at radius 1 is 1.39 bits per heavy atom. The number of anilines is 1. The highest BCUT2D eigenvalue weighted by Crippen LogP contribution is 2.27. The quantitative estimate of drug-likeness (QED) is 0.791. The highest BCUT2D eigenvalue weighted by Gasteiger charge is 2.16. The Kier molecular flexibility index (Phi) is 4.26. The molecule has 0 bridgehead atoms. The molecule has 0 spiro atoms. The van der Waals surface area contributed by atoms with Crippen LogP contribution in [0.4, 0.5) is 5.00 Å². The summed E-state index contributed by atoms with van der Waals surface area (Å²) < 4.78 is 6.82. The smallest absolute Gasteiger partial charge is 0.291 e. The van der Waals surface area contributed by atoms with E-state index in [0.717, 1.165) is 5.56 Å². The number of nitrogens with zero attached hydrogens (tertiary/aromatic N) is 2. The molecule has 3 heterocycles. The molecule has 23 heavy (non-hydrogen) atoms. The van der Waals surface area contributed by atoms with Gasteiger partial charge in [0.25, 0.3) is 11.8 Å². The van der Waals surface area contributed by atoms with Crippen molar-refractivity contribution in [1.82, 2.24) is 4.57 Å². The van der Waals surface area contributed by atoms with Gasteiger partial charge < -0.3 is 14.3 Å². The first-order valence-electron chi connectivity index (χ1n) is 6.69. The molecule has 0 atom stereocenters. The van der Waals surface area contributed by atoms with E-state index in [1.165, 1.54) is 28.9 Å². The fraction of sp³-hybridized carbons (Fsp3) is 0.133. The van der Waals surface area contributed by atoms with Crippen LogP contribution < -0.4 is 10.1 Å². The van der Waals surface area contributed by atoms with Crippen molar-refractivity contribution in [2.75, 3.05) is 5.32 Å². The lowest BCUT2D eigenvalue weighted by Gasteiger charge is -1.97. The number of thiophene rings is 1.